The van der Waals surface area contributed by atoms with E-state index >= 15 is 4.39 Å². The zero-order chi connectivity index (χ0) is 46.5. The first-order valence-corrected chi connectivity index (χ1v) is 22.1. The Bertz CT molecular complexity index is 2080. The molecule has 3 aromatic rings. The molecule has 19 nitrogen and oxygen atoms in total. The van der Waals surface area contributed by atoms with Gasteiger partial charge in [-0.25, -0.2) is 18.8 Å². The number of nitrogens with one attached hydrogen (secondary N) is 2. The number of carbonyl (C=O) groups is 3. The van der Waals surface area contributed by atoms with Crippen LogP contribution in [-0.4, -0.2) is 100 Å². The van der Waals surface area contributed by atoms with Crippen LogP contribution in [-0.2, 0) is 42.8 Å². The van der Waals surface area contributed by atoms with Crippen molar-refractivity contribution in [1.82, 2.24) is 15.5 Å². The fourth-order valence-corrected chi connectivity index (χ4v) is 8.67. The number of azide groups is 1. The number of hydrogen-bond donors (Lipinski definition) is 2. The largest absolute Gasteiger partial charge is 0.510 e. The summed E-state index contributed by atoms with van der Waals surface area (Å²) in [6, 6.07) is 24.0. The number of methoxy groups -OCH3 is 2. The number of ether oxygens (including phenoxy) is 7. The second kappa shape index (κ2) is 22.2. The Kier molecular flexibility index (Phi) is 17.0. The van der Waals surface area contributed by atoms with Gasteiger partial charge in [-0.15, -0.1) is 0 Å². The van der Waals surface area contributed by atoms with Crippen molar-refractivity contribution in [2.24, 2.45) is 11.0 Å². The number of amides is 2. The van der Waals surface area contributed by atoms with Gasteiger partial charge in [0.1, 0.15) is 17.7 Å². The molecule has 2 aliphatic heterocycles. The summed E-state index contributed by atoms with van der Waals surface area (Å²) in [5.41, 5.74) is 9.04. The molecule has 2 aliphatic rings. The van der Waals surface area contributed by atoms with E-state index in [9.17, 15) is 24.5 Å². The van der Waals surface area contributed by atoms with Crippen LogP contribution in [0.5, 0.6) is 11.5 Å². The summed E-state index contributed by atoms with van der Waals surface area (Å²) in [6.45, 7) is 5.59. The molecular weight excluding hydrogens is 858 g/mol. The maximum Gasteiger partial charge on any atom is 0.510 e. The molecule has 21 heteroatoms. The third-order valence-electron chi connectivity index (χ3n) is 10.5. The first kappa shape index (κ1) is 49.1. The lowest BCUT2D eigenvalue weighted by Crippen LogP contribution is -2.60. The average Bonchev–Trinajstić information content (AvgIpc) is 3.52. The maximum absolute atomic E-state index is 16.6. The van der Waals surface area contributed by atoms with Crippen LogP contribution in [0.15, 0.2) is 96.3 Å². The van der Waals surface area contributed by atoms with Crippen LogP contribution in [0.1, 0.15) is 57.7 Å². The second-order valence-electron chi connectivity index (χ2n) is 15.3. The van der Waals surface area contributed by atoms with Gasteiger partial charge in [-0.2, -0.15) is 0 Å². The van der Waals surface area contributed by atoms with E-state index < -0.39 is 100 Å². The van der Waals surface area contributed by atoms with Crippen molar-refractivity contribution in [1.29, 1.82) is 0 Å². The van der Waals surface area contributed by atoms with Gasteiger partial charge >= 0.3 is 25.9 Å². The molecule has 1 fully saturated rings. The standard InChI is InChI=1S/C43H54FN6O13P/c1-28(2)61-40(52)57-26-59-64(54,60-27-58-41(53)62-29(3)4)24-22-42(25-46-49-45)30(5)37(44)38(63-42)50-23-21-36(47-39(50)51)48-43(31-11-9-8-10-12-31,32-13-17-34(55-6)18-14-32)33-15-19-35(56-7)20-16-33/h8-21,23,28-30,36-38,48H,22,24-27H2,1-7H3,(H,47,51)/t30-,36?,37+,38+,42-/m0/s1. The fraction of sp³-hybridized carbons (Fsp3) is 0.465. The third kappa shape index (κ3) is 12.0. The van der Waals surface area contributed by atoms with Crippen molar-refractivity contribution in [2.75, 3.05) is 40.5 Å². The Labute approximate surface area is 370 Å². The molecule has 3 aromatic carbocycles. The van der Waals surface area contributed by atoms with E-state index in [2.05, 4.69) is 20.7 Å². The minimum absolute atomic E-state index is 0.332. The Hall–Kier alpha value is -5.88. The van der Waals surface area contributed by atoms with E-state index in [1.165, 1.54) is 13.1 Å². The van der Waals surface area contributed by atoms with E-state index in [4.69, 9.17) is 42.2 Å². The predicted octanol–water partition coefficient (Wildman–Crippen LogP) is 8.48. The topological polar surface area (TPSA) is 227 Å². The molecule has 346 valence electrons. The summed E-state index contributed by atoms with van der Waals surface area (Å²) in [7, 11) is -1.23. The molecule has 0 aromatic heterocycles. The van der Waals surface area contributed by atoms with E-state index in [1.807, 2.05) is 78.9 Å². The first-order chi connectivity index (χ1) is 30.6. The smallest absolute Gasteiger partial charge is 0.497 e. The molecule has 0 saturated carbocycles. The summed E-state index contributed by atoms with van der Waals surface area (Å²) in [6.07, 6.45) is -5.37. The molecule has 64 heavy (non-hydrogen) atoms. The lowest BCUT2D eigenvalue weighted by molar-refractivity contribution is -0.0944. The summed E-state index contributed by atoms with van der Waals surface area (Å²) < 4.78 is 78.2. The maximum atomic E-state index is 16.6. The number of nitrogens with zero attached hydrogens (tertiary/aromatic N) is 4. The monoisotopic (exact) mass is 912 g/mol. The van der Waals surface area contributed by atoms with Crippen molar-refractivity contribution >= 4 is 25.9 Å². The van der Waals surface area contributed by atoms with E-state index in [1.54, 1.807) is 48.0 Å². The highest BCUT2D eigenvalue weighted by atomic mass is 31.2. The van der Waals surface area contributed by atoms with Gasteiger partial charge in [-0.05, 0) is 86.7 Å². The van der Waals surface area contributed by atoms with Crippen molar-refractivity contribution in [3.05, 3.63) is 118 Å². The highest BCUT2D eigenvalue weighted by molar-refractivity contribution is 7.53. The van der Waals surface area contributed by atoms with Gasteiger partial charge in [0.15, 0.2) is 12.4 Å². The van der Waals surface area contributed by atoms with Gasteiger partial charge in [0.2, 0.25) is 13.6 Å². The summed E-state index contributed by atoms with van der Waals surface area (Å²) in [5, 5.41) is 10.3. The van der Waals surface area contributed by atoms with E-state index in [0.717, 1.165) is 21.6 Å². The molecule has 2 heterocycles. The number of benzene rings is 3. The van der Waals surface area contributed by atoms with Crippen LogP contribution in [0.2, 0.25) is 0 Å². The van der Waals surface area contributed by atoms with E-state index in [-0.39, 0.29) is 6.42 Å². The molecule has 2 amide bonds. The van der Waals surface area contributed by atoms with Gasteiger partial charge in [0, 0.05) is 17.0 Å². The molecule has 1 unspecified atom stereocenters. The Morgan fingerprint density at radius 3 is 1.89 bits per heavy atom. The Morgan fingerprint density at radius 1 is 0.906 bits per heavy atom. The lowest BCUT2D eigenvalue weighted by atomic mass is 9.76. The Morgan fingerprint density at radius 2 is 1.42 bits per heavy atom. The average molecular weight is 913 g/mol. The minimum atomic E-state index is -4.38. The Balaban J connectivity index is 1.41. The van der Waals surface area contributed by atoms with Crippen LogP contribution in [0, 0.1) is 5.92 Å². The number of rotatable bonds is 21. The molecule has 2 N–H and O–H groups in total. The summed E-state index contributed by atoms with van der Waals surface area (Å²) in [5.74, 6) is 0.214. The number of alkyl halides is 1. The normalized spacial score (nSPS) is 20.9. The predicted molar refractivity (Wildman–Crippen MR) is 229 cm³/mol. The van der Waals surface area contributed by atoms with Crippen molar-refractivity contribution < 1.29 is 65.5 Å². The summed E-state index contributed by atoms with van der Waals surface area (Å²) in [4.78, 5) is 42.0. The molecule has 0 spiro atoms. The highest BCUT2D eigenvalue weighted by Gasteiger charge is 2.56. The van der Waals surface area contributed by atoms with Crippen LogP contribution in [0.4, 0.5) is 18.8 Å². The van der Waals surface area contributed by atoms with Crippen molar-refractivity contribution in [3.63, 3.8) is 0 Å². The number of halogens is 1. The van der Waals surface area contributed by atoms with Gasteiger partial charge in [-0.3, -0.25) is 23.8 Å². The fourth-order valence-electron chi connectivity index (χ4n) is 7.25. The molecule has 0 bridgehead atoms. The van der Waals surface area contributed by atoms with Gasteiger partial charge in [0.05, 0.1) is 50.3 Å². The third-order valence-corrected chi connectivity index (χ3v) is 12.3. The van der Waals surface area contributed by atoms with Gasteiger partial charge in [-0.1, -0.05) is 66.6 Å². The van der Waals surface area contributed by atoms with E-state index in [0.29, 0.717) is 11.5 Å². The zero-order valence-corrected chi connectivity index (χ0v) is 37.5. The second-order valence-corrected chi connectivity index (χ2v) is 17.5. The molecule has 0 aliphatic carbocycles. The van der Waals surface area contributed by atoms with Crippen LogP contribution >= 0.6 is 7.60 Å². The number of carbonyl (C=O) groups excluding carboxylic acids is 3. The highest BCUT2D eigenvalue weighted by Crippen LogP contribution is 2.53. The molecular formula is C43H54FN6O13P. The first-order valence-electron chi connectivity index (χ1n) is 20.4. The van der Waals surface area contributed by atoms with Crippen LogP contribution < -0.4 is 20.1 Å². The number of urea groups is 1. The SMILES string of the molecule is COc1ccc(C(NC2C=CN([C@@H]3O[C@@](CCP(=O)(OCOC(=O)OC(C)C)OCOC(=O)OC(C)C)(CN=[N+]=[N-])[C@@H](C)[C@H]3F)C(=O)N2)(c2ccccc2)c2ccc(OC)cc2)cc1. The van der Waals surface area contributed by atoms with Gasteiger partial charge < -0.3 is 38.5 Å². The quantitative estimate of drug-likeness (QED) is 0.0194. The van der Waals surface area contributed by atoms with Crippen LogP contribution in [0.3, 0.4) is 0 Å². The van der Waals surface area contributed by atoms with Gasteiger partial charge in [0.25, 0.3) is 0 Å². The molecule has 0 radical (unpaired) electrons. The molecule has 5 atom stereocenters. The van der Waals surface area contributed by atoms with Crippen molar-refractivity contribution in [3.8, 4) is 11.5 Å². The van der Waals surface area contributed by atoms with Crippen LogP contribution in [0.25, 0.3) is 10.4 Å². The zero-order valence-electron chi connectivity index (χ0n) is 36.6. The molecule has 5 rings (SSSR count). The summed E-state index contributed by atoms with van der Waals surface area (Å²) >= 11 is 0. The van der Waals surface area contributed by atoms with Crippen molar-refractivity contribution in [2.45, 2.75) is 83.0 Å². The molecule has 1 saturated heterocycles. The minimum Gasteiger partial charge on any atom is -0.497 e. The number of hydrogen-bond acceptors (Lipinski definition) is 15. The lowest BCUT2D eigenvalue weighted by Gasteiger charge is -2.41.